The van der Waals surface area contributed by atoms with Gasteiger partial charge in [0.2, 0.25) is 0 Å². The van der Waals surface area contributed by atoms with Crippen molar-refractivity contribution in [2.24, 2.45) is 11.3 Å². The average molecular weight is 476 g/mol. The highest BCUT2D eigenvalue weighted by molar-refractivity contribution is 5.75. The minimum absolute atomic E-state index is 0.125. The van der Waals surface area contributed by atoms with E-state index in [1.807, 2.05) is 36.7 Å². The minimum Gasteiger partial charge on any atom is -0.426 e. The Morgan fingerprint density at radius 1 is 0.971 bits per heavy atom. The molecule has 1 aliphatic carbocycles. The van der Waals surface area contributed by atoms with Crippen LogP contribution in [0.3, 0.4) is 0 Å². The van der Waals surface area contributed by atoms with Gasteiger partial charge in [-0.15, -0.1) is 0 Å². The Morgan fingerprint density at radius 3 is 2.23 bits per heavy atom. The van der Waals surface area contributed by atoms with Crippen LogP contribution >= 0.6 is 0 Å². The lowest BCUT2D eigenvalue weighted by Gasteiger charge is -2.34. The van der Waals surface area contributed by atoms with E-state index in [-0.39, 0.29) is 17.3 Å². The van der Waals surface area contributed by atoms with Gasteiger partial charge in [0.15, 0.2) is 5.82 Å². The summed E-state index contributed by atoms with van der Waals surface area (Å²) in [5.74, 6) is 0.916. The van der Waals surface area contributed by atoms with E-state index < -0.39 is 0 Å². The lowest BCUT2D eigenvalue weighted by Crippen LogP contribution is -2.31. The maximum absolute atomic E-state index is 12.8. The number of aromatic nitrogens is 2. The molecule has 35 heavy (non-hydrogen) atoms. The van der Waals surface area contributed by atoms with Gasteiger partial charge in [0.05, 0.1) is 17.4 Å². The van der Waals surface area contributed by atoms with Crippen molar-refractivity contribution in [3.05, 3.63) is 42.2 Å². The summed E-state index contributed by atoms with van der Waals surface area (Å²) in [6.07, 6.45) is 18.5. The zero-order valence-corrected chi connectivity index (χ0v) is 21.6. The molecule has 1 aromatic heterocycles. The number of carbonyl (C=O) groups is 1. The van der Waals surface area contributed by atoms with E-state index in [4.69, 9.17) is 4.74 Å². The van der Waals surface area contributed by atoms with Crippen molar-refractivity contribution in [2.45, 2.75) is 104 Å². The molecule has 1 aliphatic rings. The second-order valence-corrected chi connectivity index (χ2v) is 10.1. The third-order valence-electron chi connectivity index (χ3n) is 7.38. The van der Waals surface area contributed by atoms with Crippen molar-refractivity contribution in [1.82, 2.24) is 9.97 Å². The van der Waals surface area contributed by atoms with Gasteiger partial charge in [0.1, 0.15) is 5.75 Å². The first kappa shape index (κ1) is 26.9. The number of nitriles is 1. The fourth-order valence-corrected chi connectivity index (χ4v) is 4.97. The van der Waals surface area contributed by atoms with Crippen LogP contribution in [-0.2, 0) is 11.2 Å². The van der Waals surface area contributed by atoms with Gasteiger partial charge in [0, 0.05) is 18.0 Å². The van der Waals surface area contributed by atoms with Gasteiger partial charge in [-0.2, -0.15) is 5.26 Å². The molecule has 1 fully saturated rings. The predicted octanol–water partition coefficient (Wildman–Crippen LogP) is 7.84. The summed E-state index contributed by atoms with van der Waals surface area (Å²) in [7, 11) is 0. The zero-order chi connectivity index (χ0) is 24.9. The first-order valence-corrected chi connectivity index (χ1v) is 13.6. The van der Waals surface area contributed by atoms with Gasteiger partial charge in [-0.1, -0.05) is 58.8 Å². The van der Waals surface area contributed by atoms with E-state index in [0.717, 1.165) is 62.5 Å². The number of benzene rings is 1. The SMILES string of the molecule is CCCCCCCC1(C#N)CCC(C(=O)Oc2ccc(-c3ncc(CCCCC)cn3)cc2)CC1. The molecule has 1 saturated carbocycles. The molecule has 0 unspecified atom stereocenters. The average Bonchev–Trinajstić information content (AvgIpc) is 2.90. The summed E-state index contributed by atoms with van der Waals surface area (Å²) in [5.41, 5.74) is 1.81. The molecule has 3 rings (SSSR count). The summed E-state index contributed by atoms with van der Waals surface area (Å²) < 4.78 is 5.68. The fraction of sp³-hybridized carbons (Fsp3) is 0.600. The summed E-state index contributed by atoms with van der Waals surface area (Å²) in [6, 6.07) is 10.0. The number of ether oxygens (including phenoxy) is 1. The molecule has 0 bridgehead atoms. The zero-order valence-electron chi connectivity index (χ0n) is 21.6. The van der Waals surface area contributed by atoms with Gasteiger partial charge in [-0.05, 0) is 74.8 Å². The number of carbonyl (C=O) groups excluding carboxylic acids is 1. The predicted molar refractivity (Wildman–Crippen MR) is 140 cm³/mol. The lowest BCUT2D eigenvalue weighted by molar-refractivity contribution is -0.140. The lowest BCUT2D eigenvalue weighted by atomic mass is 9.69. The van der Waals surface area contributed by atoms with Gasteiger partial charge in [0.25, 0.3) is 0 Å². The number of hydrogen-bond acceptors (Lipinski definition) is 5. The first-order valence-electron chi connectivity index (χ1n) is 13.6. The van der Waals surface area contributed by atoms with Crippen molar-refractivity contribution in [3.63, 3.8) is 0 Å². The highest BCUT2D eigenvalue weighted by atomic mass is 16.5. The normalized spacial score (nSPS) is 19.7. The van der Waals surface area contributed by atoms with Crippen LogP contribution in [0.25, 0.3) is 11.4 Å². The van der Waals surface area contributed by atoms with Crippen molar-refractivity contribution < 1.29 is 9.53 Å². The van der Waals surface area contributed by atoms with E-state index in [1.165, 1.54) is 38.5 Å². The Labute approximate surface area is 211 Å². The van der Waals surface area contributed by atoms with Crippen molar-refractivity contribution in [1.29, 1.82) is 5.26 Å². The maximum atomic E-state index is 12.8. The van der Waals surface area contributed by atoms with E-state index in [2.05, 4.69) is 29.9 Å². The topological polar surface area (TPSA) is 75.9 Å². The Hall–Kier alpha value is -2.74. The first-order chi connectivity index (χ1) is 17.1. The second-order valence-electron chi connectivity index (χ2n) is 10.1. The van der Waals surface area contributed by atoms with E-state index in [9.17, 15) is 10.1 Å². The summed E-state index contributed by atoms with van der Waals surface area (Å²) in [6.45, 7) is 4.42. The smallest absolute Gasteiger partial charge is 0.314 e. The van der Waals surface area contributed by atoms with Crippen LogP contribution in [0.1, 0.15) is 103 Å². The molecular formula is C30H41N3O2. The molecule has 1 aromatic carbocycles. The molecule has 5 nitrogen and oxygen atoms in total. The van der Waals surface area contributed by atoms with Crippen molar-refractivity contribution in [2.75, 3.05) is 0 Å². The molecular weight excluding hydrogens is 434 g/mol. The van der Waals surface area contributed by atoms with E-state index in [1.54, 1.807) is 0 Å². The summed E-state index contributed by atoms with van der Waals surface area (Å²) in [4.78, 5) is 21.8. The molecule has 5 heteroatoms. The standard InChI is InChI=1S/C30H41N3O2/c1-3-5-7-8-10-18-30(23-31)19-16-26(17-20-30)29(34)35-27-14-12-25(13-15-27)28-32-21-24(22-33-28)11-9-6-4-2/h12-15,21-22,26H,3-11,16-20H2,1-2H3. The van der Waals surface area contributed by atoms with Gasteiger partial charge in [-0.25, -0.2) is 9.97 Å². The molecule has 0 saturated heterocycles. The molecule has 0 amide bonds. The van der Waals surface area contributed by atoms with Crippen LogP contribution in [0.4, 0.5) is 0 Å². The molecule has 0 N–H and O–H groups in total. The van der Waals surface area contributed by atoms with E-state index >= 15 is 0 Å². The minimum atomic E-state index is -0.254. The van der Waals surface area contributed by atoms with Crippen LogP contribution < -0.4 is 4.74 Å². The Morgan fingerprint density at radius 2 is 1.60 bits per heavy atom. The maximum Gasteiger partial charge on any atom is 0.314 e. The monoisotopic (exact) mass is 475 g/mol. The number of hydrogen-bond donors (Lipinski definition) is 0. The van der Waals surface area contributed by atoms with Crippen molar-refractivity contribution in [3.8, 4) is 23.2 Å². The van der Waals surface area contributed by atoms with Gasteiger partial charge < -0.3 is 4.74 Å². The fourth-order valence-electron chi connectivity index (χ4n) is 4.97. The van der Waals surface area contributed by atoms with Gasteiger partial charge >= 0.3 is 5.97 Å². The highest BCUT2D eigenvalue weighted by Crippen LogP contribution is 2.42. The molecule has 0 spiro atoms. The Balaban J connectivity index is 1.47. The highest BCUT2D eigenvalue weighted by Gasteiger charge is 2.37. The molecule has 0 aliphatic heterocycles. The molecule has 0 radical (unpaired) electrons. The van der Waals surface area contributed by atoms with E-state index in [0.29, 0.717) is 11.6 Å². The summed E-state index contributed by atoms with van der Waals surface area (Å²) in [5, 5.41) is 9.81. The molecule has 1 heterocycles. The molecule has 0 atom stereocenters. The summed E-state index contributed by atoms with van der Waals surface area (Å²) >= 11 is 0. The van der Waals surface area contributed by atoms with Crippen LogP contribution in [0.5, 0.6) is 5.75 Å². The van der Waals surface area contributed by atoms with Crippen LogP contribution in [0, 0.1) is 22.7 Å². The quantitative estimate of drug-likeness (QED) is 0.167. The van der Waals surface area contributed by atoms with Crippen molar-refractivity contribution >= 4 is 5.97 Å². The number of rotatable bonds is 13. The number of unbranched alkanes of at least 4 members (excludes halogenated alkanes) is 6. The Kier molecular flexibility index (Phi) is 10.7. The molecule has 2 aromatic rings. The largest absolute Gasteiger partial charge is 0.426 e. The number of nitrogens with zero attached hydrogens (tertiary/aromatic N) is 3. The Bertz CT molecular complexity index is 939. The van der Waals surface area contributed by atoms with Crippen LogP contribution in [-0.4, -0.2) is 15.9 Å². The van der Waals surface area contributed by atoms with Crippen LogP contribution in [0.2, 0.25) is 0 Å². The second kappa shape index (κ2) is 14.0. The van der Waals surface area contributed by atoms with Crippen LogP contribution in [0.15, 0.2) is 36.7 Å². The number of aryl methyl sites for hydroxylation is 1. The third-order valence-corrected chi connectivity index (χ3v) is 7.38. The van der Waals surface area contributed by atoms with Gasteiger partial charge in [-0.3, -0.25) is 4.79 Å². The molecule has 188 valence electrons. The number of esters is 1. The third kappa shape index (κ3) is 8.16.